The molecule has 2 heterocycles. The van der Waals surface area contributed by atoms with Crippen molar-refractivity contribution < 1.29 is 32.6 Å². The minimum atomic E-state index is -0.599. The Morgan fingerprint density at radius 2 is 1.57 bits per heavy atom. The predicted octanol–water partition coefficient (Wildman–Crippen LogP) is 6.46. The number of esters is 1. The summed E-state index contributed by atoms with van der Waals surface area (Å²) in [5.74, 6) is 2.10. The molecule has 2 fully saturated rings. The zero-order valence-electron chi connectivity index (χ0n) is 22.9. The molecule has 2 unspecified atom stereocenters. The Kier molecular flexibility index (Phi) is 13.8. The van der Waals surface area contributed by atoms with Gasteiger partial charge in [0.05, 0.1) is 12.5 Å². The highest BCUT2D eigenvalue weighted by Crippen LogP contribution is 2.22. The molecule has 1 aliphatic carbocycles. The molecule has 0 aromatic carbocycles. The van der Waals surface area contributed by atoms with E-state index < -0.39 is 12.0 Å². The molecule has 0 spiro atoms. The fraction of sp³-hybridized carbons (Fsp3) is 0.815. The van der Waals surface area contributed by atoms with Gasteiger partial charge in [0.25, 0.3) is 0 Å². The Morgan fingerprint density at radius 3 is 1.97 bits per heavy atom. The van der Waals surface area contributed by atoms with Gasteiger partial charge in [-0.05, 0) is 63.7 Å². The van der Waals surface area contributed by atoms with Crippen molar-refractivity contribution in [1.82, 2.24) is 0 Å². The van der Waals surface area contributed by atoms with Crippen molar-refractivity contribution >= 4 is 12.1 Å². The highest BCUT2D eigenvalue weighted by molar-refractivity contribution is 5.74. The van der Waals surface area contributed by atoms with Gasteiger partial charge in [-0.2, -0.15) is 0 Å². The molecule has 2 atom stereocenters. The van der Waals surface area contributed by atoms with Gasteiger partial charge in [-0.1, -0.05) is 48.0 Å². The molecule has 202 valence electrons. The van der Waals surface area contributed by atoms with Crippen molar-refractivity contribution in [2.75, 3.05) is 6.61 Å². The molecule has 1 aromatic rings. The smallest absolute Gasteiger partial charge is 0.465 e. The lowest BCUT2D eigenvalue weighted by atomic mass is 9.95. The average molecular weight is 499 g/mol. The number of aryl methyl sites for hydroxylation is 1. The van der Waals surface area contributed by atoms with E-state index in [0.717, 1.165) is 38.5 Å². The summed E-state index contributed by atoms with van der Waals surface area (Å²) >= 11 is 0. The van der Waals surface area contributed by atoms with Gasteiger partial charge in [-0.3, -0.25) is 4.79 Å². The molecule has 0 radical (unpaired) electrons. The first kappa shape index (κ1) is 30.8. The molecule has 2 aliphatic rings. The maximum atomic E-state index is 11.4. The largest absolute Gasteiger partial charge is 0.519 e. The summed E-state index contributed by atoms with van der Waals surface area (Å²) < 4.78 is 24.7. The van der Waals surface area contributed by atoms with E-state index in [1.54, 1.807) is 6.92 Å². The van der Waals surface area contributed by atoms with Crippen LogP contribution in [0.5, 0.6) is 0 Å². The van der Waals surface area contributed by atoms with Crippen LogP contribution in [0.25, 0.3) is 0 Å². The molecule has 0 N–H and O–H groups in total. The highest BCUT2D eigenvalue weighted by Gasteiger charge is 2.28. The monoisotopic (exact) mass is 498 g/mol. The molecular weight excluding hydrogens is 452 g/mol. The zero-order valence-corrected chi connectivity index (χ0v) is 22.9. The maximum absolute atomic E-state index is 11.4. The van der Waals surface area contributed by atoms with Crippen molar-refractivity contribution in [3.05, 3.63) is 22.1 Å². The van der Waals surface area contributed by atoms with Gasteiger partial charge in [0.1, 0.15) is 23.7 Å². The second-order valence-corrected chi connectivity index (χ2v) is 10.5. The lowest BCUT2D eigenvalue weighted by Gasteiger charge is -2.23. The molecule has 1 saturated carbocycles. The van der Waals surface area contributed by atoms with Crippen molar-refractivity contribution in [3.63, 3.8) is 0 Å². The average Bonchev–Trinajstić information content (AvgIpc) is 3.33. The summed E-state index contributed by atoms with van der Waals surface area (Å²) in [5, 5.41) is 0. The van der Waals surface area contributed by atoms with Crippen LogP contribution in [0.15, 0.2) is 13.6 Å². The van der Waals surface area contributed by atoms with Crippen LogP contribution >= 0.6 is 0 Å². The number of cyclic esters (lactones) is 1. The lowest BCUT2D eigenvalue weighted by molar-refractivity contribution is -0.142. The van der Waals surface area contributed by atoms with E-state index >= 15 is 0 Å². The molecular formula is C27H46O8. The Balaban J connectivity index is 0.000000272. The third-order valence-electron chi connectivity index (χ3n) is 6.25. The zero-order chi connectivity index (χ0) is 26.5. The molecule has 8 nitrogen and oxygen atoms in total. The number of hydrogen-bond acceptors (Lipinski definition) is 8. The first-order valence-electron chi connectivity index (χ1n) is 13.0. The predicted molar refractivity (Wildman–Crippen MR) is 133 cm³/mol. The molecule has 0 bridgehead atoms. The first-order chi connectivity index (χ1) is 16.4. The van der Waals surface area contributed by atoms with E-state index in [1.165, 1.54) is 6.42 Å². The Labute approximate surface area is 210 Å². The summed E-state index contributed by atoms with van der Waals surface area (Å²) in [7, 11) is 0. The molecule has 1 aromatic heterocycles. The number of carbonyl (C=O) groups excluding carboxylic acids is 2. The van der Waals surface area contributed by atoms with Crippen molar-refractivity contribution in [3.8, 4) is 0 Å². The third-order valence-corrected chi connectivity index (χ3v) is 6.25. The van der Waals surface area contributed by atoms with Crippen LogP contribution in [0.4, 0.5) is 4.79 Å². The van der Waals surface area contributed by atoms with Crippen molar-refractivity contribution in [2.24, 2.45) is 23.7 Å². The standard InChI is InChI=1S/C12H22O3.C8H12O3.C7H12O2/c1-9(2)10(3)14-12(13)15-11-7-5-4-6-8-11;1-5(2)4-7-6(3)10-8(9)11-7;1-5(2)6-3-4-9-7(6)8/h9-11H,4-8H2,1-3H3;5H,4H2,1-3H3;5-6H,3-4H2,1-2H3. The van der Waals surface area contributed by atoms with E-state index in [1.807, 2.05) is 20.8 Å². The Bertz CT molecular complexity index is 798. The summed E-state index contributed by atoms with van der Waals surface area (Å²) in [6, 6.07) is 0. The highest BCUT2D eigenvalue weighted by atomic mass is 16.7. The van der Waals surface area contributed by atoms with Gasteiger partial charge in [0, 0.05) is 6.42 Å². The summed E-state index contributed by atoms with van der Waals surface area (Å²) in [4.78, 5) is 32.7. The lowest BCUT2D eigenvalue weighted by Crippen LogP contribution is -2.26. The first-order valence-corrected chi connectivity index (χ1v) is 13.0. The molecule has 3 rings (SSSR count). The van der Waals surface area contributed by atoms with Gasteiger partial charge < -0.3 is 23.0 Å². The van der Waals surface area contributed by atoms with Crippen LogP contribution in [0.2, 0.25) is 0 Å². The topological polar surface area (TPSA) is 105 Å². The number of rotatable bonds is 6. The van der Waals surface area contributed by atoms with Crippen molar-refractivity contribution in [1.29, 1.82) is 0 Å². The third kappa shape index (κ3) is 12.3. The second-order valence-electron chi connectivity index (χ2n) is 10.5. The van der Waals surface area contributed by atoms with E-state index in [-0.39, 0.29) is 24.1 Å². The summed E-state index contributed by atoms with van der Waals surface area (Å²) in [5.41, 5.74) is 0. The summed E-state index contributed by atoms with van der Waals surface area (Å²) in [6.45, 7) is 16.5. The van der Waals surface area contributed by atoms with E-state index in [4.69, 9.17) is 23.0 Å². The SMILES string of the molecule is CC(C)C(C)OC(=O)OC1CCCCC1.CC(C)C1CCOC1=O.Cc1oc(=O)oc1CC(C)C. The Hall–Kier alpha value is -2.25. The fourth-order valence-corrected chi connectivity index (χ4v) is 3.68. The number of hydrogen-bond donors (Lipinski definition) is 0. The van der Waals surface area contributed by atoms with E-state index in [0.29, 0.717) is 35.9 Å². The van der Waals surface area contributed by atoms with Crippen LogP contribution in [0, 0.1) is 30.6 Å². The number of carbonyl (C=O) groups is 2. The number of ether oxygens (including phenoxy) is 3. The Morgan fingerprint density at radius 1 is 0.943 bits per heavy atom. The maximum Gasteiger partial charge on any atom is 0.519 e. The van der Waals surface area contributed by atoms with E-state index in [2.05, 4.69) is 27.7 Å². The van der Waals surface area contributed by atoms with Crippen LogP contribution in [-0.4, -0.2) is 30.9 Å². The van der Waals surface area contributed by atoms with E-state index in [9.17, 15) is 14.4 Å². The second kappa shape index (κ2) is 15.7. The van der Waals surface area contributed by atoms with Crippen LogP contribution in [-0.2, 0) is 25.4 Å². The fourth-order valence-electron chi connectivity index (χ4n) is 3.68. The van der Waals surface area contributed by atoms with Gasteiger partial charge in [-0.25, -0.2) is 9.59 Å². The molecule has 1 saturated heterocycles. The molecule has 8 heteroatoms. The minimum Gasteiger partial charge on any atom is -0.465 e. The quantitative estimate of drug-likeness (QED) is 0.411. The summed E-state index contributed by atoms with van der Waals surface area (Å²) in [6.07, 6.45) is 6.77. The van der Waals surface area contributed by atoms with Gasteiger partial charge in [-0.15, -0.1) is 0 Å². The minimum absolute atomic E-state index is 0.00926. The van der Waals surface area contributed by atoms with Crippen LogP contribution in [0.1, 0.15) is 98.5 Å². The van der Waals surface area contributed by atoms with Gasteiger partial charge in [0.15, 0.2) is 0 Å². The normalized spacial score (nSPS) is 18.9. The van der Waals surface area contributed by atoms with Crippen LogP contribution in [0.3, 0.4) is 0 Å². The van der Waals surface area contributed by atoms with Gasteiger partial charge in [0.2, 0.25) is 0 Å². The van der Waals surface area contributed by atoms with Gasteiger partial charge >= 0.3 is 17.9 Å². The molecule has 0 amide bonds. The molecule has 1 aliphatic heterocycles. The van der Waals surface area contributed by atoms with Crippen molar-refractivity contribution in [2.45, 2.75) is 113 Å². The molecule has 35 heavy (non-hydrogen) atoms. The van der Waals surface area contributed by atoms with Crippen LogP contribution < -0.4 is 5.82 Å².